The summed E-state index contributed by atoms with van der Waals surface area (Å²) >= 11 is 4.68. The summed E-state index contributed by atoms with van der Waals surface area (Å²) in [5, 5.41) is 3.36. The number of aromatic nitrogens is 1. The molecule has 1 saturated heterocycles. The number of carbonyl (C=O) groups is 1. The second-order valence-corrected chi connectivity index (χ2v) is 6.02. The molecule has 82 valence electrons. The summed E-state index contributed by atoms with van der Waals surface area (Å²) in [5.41, 5.74) is -0.682. The van der Waals surface area contributed by atoms with Gasteiger partial charge in [-0.15, -0.1) is 0 Å². The molecule has 1 fully saturated rings. The summed E-state index contributed by atoms with van der Waals surface area (Å²) < 4.78 is 6.33. The van der Waals surface area contributed by atoms with Crippen LogP contribution in [0.3, 0.4) is 0 Å². The van der Waals surface area contributed by atoms with Gasteiger partial charge in [0.05, 0.1) is 9.98 Å². The Hall–Kier alpha value is -0.460. The molecule has 1 amide bonds. The van der Waals surface area contributed by atoms with Crippen molar-refractivity contribution in [2.45, 2.75) is 25.4 Å². The summed E-state index contributed by atoms with van der Waals surface area (Å²) in [6, 6.07) is 0. The van der Waals surface area contributed by atoms with Crippen LogP contribution in [-0.4, -0.2) is 23.1 Å². The molecule has 1 atom stereocenters. The van der Waals surface area contributed by atoms with Crippen LogP contribution in [0.4, 0.5) is 5.13 Å². The number of hydrogen-bond acceptors (Lipinski definition) is 4. The molecular formula is C9H11BrN2O2S. The number of hydrogen-bond donors (Lipinski definition) is 1. The van der Waals surface area contributed by atoms with Gasteiger partial charge < -0.3 is 4.74 Å². The quantitative estimate of drug-likeness (QED) is 0.910. The van der Waals surface area contributed by atoms with Crippen LogP contribution in [0.25, 0.3) is 0 Å². The summed E-state index contributed by atoms with van der Waals surface area (Å²) in [6.07, 6.45) is 3.37. The van der Waals surface area contributed by atoms with Crippen LogP contribution in [0, 0.1) is 0 Å². The normalized spacial score (nSPS) is 25.5. The van der Waals surface area contributed by atoms with E-state index in [0.717, 1.165) is 16.6 Å². The van der Waals surface area contributed by atoms with Crippen molar-refractivity contribution >= 4 is 38.3 Å². The van der Waals surface area contributed by atoms with Crippen molar-refractivity contribution < 1.29 is 9.53 Å². The summed E-state index contributed by atoms with van der Waals surface area (Å²) in [4.78, 5) is 15.9. The van der Waals surface area contributed by atoms with Crippen molar-refractivity contribution in [1.29, 1.82) is 0 Å². The Morgan fingerprint density at radius 3 is 3.13 bits per heavy atom. The molecule has 1 N–H and O–H groups in total. The second-order valence-electron chi connectivity index (χ2n) is 3.61. The minimum absolute atomic E-state index is 0.109. The van der Waals surface area contributed by atoms with E-state index in [-0.39, 0.29) is 5.91 Å². The van der Waals surface area contributed by atoms with Crippen LogP contribution in [0.15, 0.2) is 9.98 Å². The number of amides is 1. The number of carbonyl (C=O) groups excluding carboxylic acids is 1. The molecule has 2 rings (SSSR count). The highest BCUT2D eigenvalue weighted by Crippen LogP contribution is 2.28. The van der Waals surface area contributed by atoms with E-state index >= 15 is 0 Å². The van der Waals surface area contributed by atoms with E-state index in [1.807, 2.05) is 6.92 Å². The number of rotatable bonds is 2. The molecule has 1 aromatic rings. The first kappa shape index (κ1) is 11.0. The highest BCUT2D eigenvalue weighted by molar-refractivity contribution is 9.11. The predicted molar refractivity (Wildman–Crippen MR) is 62.0 cm³/mol. The Balaban J connectivity index is 2.03. The first-order chi connectivity index (χ1) is 7.10. The molecule has 1 aromatic heterocycles. The van der Waals surface area contributed by atoms with Crippen molar-refractivity contribution in [2.75, 3.05) is 11.9 Å². The minimum atomic E-state index is -0.682. The van der Waals surface area contributed by atoms with Gasteiger partial charge in [0.15, 0.2) is 5.13 Å². The first-order valence-electron chi connectivity index (χ1n) is 4.67. The number of halogens is 1. The average molecular weight is 291 g/mol. The van der Waals surface area contributed by atoms with Crippen LogP contribution in [-0.2, 0) is 9.53 Å². The first-order valence-corrected chi connectivity index (χ1v) is 6.28. The number of anilines is 1. The third-order valence-corrected chi connectivity index (χ3v) is 3.79. The second kappa shape index (κ2) is 4.19. The third kappa shape index (κ3) is 2.38. The molecule has 0 spiro atoms. The Morgan fingerprint density at radius 2 is 2.60 bits per heavy atom. The van der Waals surface area contributed by atoms with Gasteiger partial charge in [0.25, 0.3) is 5.91 Å². The maximum atomic E-state index is 11.9. The molecule has 6 heteroatoms. The van der Waals surface area contributed by atoms with E-state index in [2.05, 4.69) is 26.2 Å². The van der Waals surface area contributed by atoms with Gasteiger partial charge >= 0.3 is 0 Å². The standard InChI is InChI=1S/C9H11BrN2O2S/c1-9(3-2-4-14-9)7(13)12-8-11-5-6(10)15-8/h5H,2-4H2,1H3,(H,11,12,13). The third-order valence-electron chi connectivity index (χ3n) is 2.40. The zero-order valence-electron chi connectivity index (χ0n) is 8.25. The fraction of sp³-hybridized carbons (Fsp3) is 0.556. The molecule has 0 aromatic carbocycles. The van der Waals surface area contributed by atoms with Gasteiger partial charge in [0.1, 0.15) is 5.60 Å². The molecule has 0 saturated carbocycles. The topological polar surface area (TPSA) is 51.2 Å². The lowest BCUT2D eigenvalue weighted by Crippen LogP contribution is -2.39. The molecule has 0 radical (unpaired) electrons. The summed E-state index contributed by atoms with van der Waals surface area (Å²) in [5.74, 6) is -0.109. The molecule has 1 aliphatic rings. The maximum Gasteiger partial charge on any atom is 0.258 e. The van der Waals surface area contributed by atoms with Gasteiger partial charge in [-0.3, -0.25) is 10.1 Å². The zero-order chi connectivity index (χ0) is 10.9. The Kier molecular flexibility index (Phi) is 3.08. The van der Waals surface area contributed by atoms with Crippen LogP contribution >= 0.6 is 27.3 Å². The minimum Gasteiger partial charge on any atom is -0.365 e. The van der Waals surface area contributed by atoms with Crippen LogP contribution in [0.2, 0.25) is 0 Å². The summed E-state index contributed by atoms with van der Waals surface area (Å²) in [7, 11) is 0. The van der Waals surface area contributed by atoms with E-state index in [9.17, 15) is 4.79 Å². The monoisotopic (exact) mass is 290 g/mol. The number of ether oxygens (including phenoxy) is 1. The Labute approximate surface area is 100 Å². The van der Waals surface area contributed by atoms with E-state index < -0.39 is 5.60 Å². The SMILES string of the molecule is CC1(C(=O)Nc2ncc(Br)s2)CCCO1. The highest BCUT2D eigenvalue weighted by atomic mass is 79.9. The smallest absolute Gasteiger partial charge is 0.258 e. The van der Waals surface area contributed by atoms with Gasteiger partial charge in [-0.2, -0.15) is 0 Å². The number of nitrogens with one attached hydrogen (secondary N) is 1. The Bertz CT molecular complexity index is 374. The van der Waals surface area contributed by atoms with E-state index in [4.69, 9.17) is 4.74 Å². The fourth-order valence-electron chi connectivity index (χ4n) is 1.50. The average Bonchev–Trinajstić information content (AvgIpc) is 2.76. The van der Waals surface area contributed by atoms with Crippen molar-refractivity contribution in [2.24, 2.45) is 0 Å². The molecule has 0 aliphatic carbocycles. The molecule has 15 heavy (non-hydrogen) atoms. The largest absolute Gasteiger partial charge is 0.365 e. The lowest BCUT2D eigenvalue weighted by molar-refractivity contribution is -0.133. The van der Waals surface area contributed by atoms with Gasteiger partial charge in [-0.1, -0.05) is 11.3 Å². The molecule has 2 heterocycles. The lowest BCUT2D eigenvalue weighted by Gasteiger charge is -2.20. The highest BCUT2D eigenvalue weighted by Gasteiger charge is 2.38. The maximum absolute atomic E-state index is 11.9. The molecule has 1 unspecified atom stereocenters. The van der Waals surface area contributed by atoms with E-state index in [1.54, 1.807) is 6.20 Å². The van der Waals surface area contributed by atoms with Gasteiger partial charge in [-0.05, 0) is 35.7 Å². The van der Waals surface area contributed by atoms with E-state index in [0.29, 0.717) is 11.7 Å². The predicted octanol–water partition coefficient (Wildman–Crippen LogP) is 2.41. The van der Waals surface area contributed by atoms with Gasteiger partial charge in [0, 0.05) is 6.61 Å². The number of thiazole rings is 1. The number of nitrogens with zero attached hydrogens (tertiary/aromatic N) is 1. The van der Waals surface area contributed by atoms with Crippen LogP contribution in [0.1, 0.15) is 19.8 Å². The molecule has 4 nitrogen and oxygen atoms in total. The van der Waals surface area contributed by atoms with Gasteiger partial charge in [0.2, 0.25) is 0 Å². The van der Waals surface area contributed by atoms with Crippen molar-refractivity contribution in [3.8, 4) is 0 Å². The lowest BCUT2D eigenvalue weighted by atomic mass is 10.0. The van der Waals surface area contributed by atoms with Gasteiger partial charge in [-0.25, -0.2) is 4.98 Å². The van der Waals surface area contributed by atoms with Crippen molar-refractivity contribution in [3.05, 3.63) is 9.98 Å². The zero-order valence-corrected chi connectivity index (χ0v) is 10.7. The van der Waals surface area contributed by atoms with E-state index in [1.165, 1.54) is 11.3 Å². The fourth-order valence-corrected chi connectivity index (χ4v) is 2.60. The van der Waals surface area contributed by atoms with Crippen molar-refractivity contribution in [1.82, 2.24) is 4.98 Å². The van der Waals surface area contributed by atoms with Crippen LogP contribution < -0.4 is 5.32 Å². The van der Waals surface area contributed by atoms with Crippen molar-refractivity contribution in [3.63, 3.8) is 0 Å². The molecular weight excluding hydrogens is 280 g/mol. The van der Waals surface area contributed by atoms with Crippen LogP contribution in [0.5, 0.6) is 0 Å². The molecule has 1 aliphatic heterocycles. The Morgan fingerprint density at radius 1 is 1.80 bits per heavy atom. The molecule has 0 bridgehead atoms. The summed E-state index contributed by atoms with van der Waals surface area (Å²) in [6.45, 7) is 2.48.